The van der Waals surface area contributed by atoms with Crippen LogP contribution in [0.25, 0.3) is 0 Å². The van der Waals surface area contributed by atoms with E-state index in [1.165, 1.54) is 0 Å². The molecule has 0 bridgehead atoms. The van der Waals surface area contributed by atoms with Gasteiger partial charge in [-0.3, -0.25) is 9.79 Å². The lowest BCUT2D eigenvalue weighted by Gasteiger charge is -2.24. The minimum absolute atomic E-state index is 0.138. The molecule has 0 radical (unpaired) electrons. The molecule has 6 heteroatoms. The Balaban J connectivity index is 2.19. The Labute approximate surface area is 121 Å². The number of carbonyl (C=O) groups is 1. The van der Waals surface area contributed by atoms with Gasteiger partial charge in [0.15, 0.2) is 5.96 Å². The summed E-state index contributed by atoms with van der Waals surface area (Å²) in [6, 6.07) is 0. The van der Waals surface area contributed by atoms with Gasteiger partial charge in [0.2, 0.25) is 0 Å². The number of aliphatic imine (C=N–C) groups is 1. The van der Waals surface area contributed by atoms with Crippen LogP contribution in [0.5, 0.6) is 0 Å². The monoisotopic (exact) mass is 285 g/mol. The zero-order chi connectivity index (χ0) is 14.8. The lowest BCUT2D eigenvalue weighted by atomic mass is 10.1. The molecule has 0 spiro atoms. The molecule has 0 aromatic heterocycles. The third-order valence-corrected chi connectivity index (χ3v) is 3.28. The second-order valence-electron chi connectivity index (χ2n) is 4.99. The molecule has 0 amide bonds. The van der Waals surface area contributed by atoms with Crippen LogP contribution in [-0.4, -0.2) is 63.8 Å². The van der Waals surface area contributed by atoms with E-state index < -0.39 is 0 Å². The number of nitrogens with one attached hydrogen (secondary N) is 1. The largest absolute Gasteiger partial charge is 0.466 e. The van der Waals surface area contributed by atoms with E-state index in [2.05, 4.69) is 15.2 Å². The Morgan fingerprint density at radius 1 is 1.55 bits per heavy atom. The standard InChI is InChI=1S/C14H27N3O3/c1-4-20-13(18)6-5-8-16-14(15-2)17(3)10-12-7-9-19-11-12/h12H,4-11H2,1-3H3,(H,15,16). The lowest BCUT2D eigenvalue weighted by Crippen LogP contribution is -2.41. The van der Waals surface area contributed by atoms with E-state index in [9.17, 15) is 4.79 Å². The molecule has 1 aliphatic heterocycles. The topological polar surface area (TPSA) is 63.2 Å². The maximum atomic E-state index is 11.2. The third-order valence-electron chi connectivity index (χ3n) is 3.28. The summed E-state index contributed by atoms with van der Waals surface area (Å²) in [6.07, 6.45) is 2.31. The molecule has 1 fully saturated rings. The van der Waals surface area contributed by atoms with E-state index >= 15 is 0 Å². The molecule has 1 unspecified atom stereocenters. The molecule has 0 saturated carbocycles. The Kier molecular flexibility index (Phi) is 8.02. The van der Waals surface area contributed by atoms with E-state index in [-0.39, 0.29) is 5.97 Å². The van der Waals surface area contributed by atoms with Crippen LogP contribution < -0.4 is 5.32 Å². The fraction of sp³-hybridized carbons (Fsp3) is 0.857. The highest BCUT2D eigenvalue weighted by atomic mass is 16.5. The van der Waals surface area contributed by atoms with Crippen LogP contribution in [0.2, 0.25) is 0 Å². The summed E-state index contributed by atoms with van der Waals surface area (Å²) in [5.74, 6) is 1.31. The summed E-state index contributed by atoms with van der Waals surface area (Å²) in [7, 11) is 3.80. The molecule has 1 aliphatic rings. The second kappa shape index (κ2) is 9.58. The highest BCUT2D eigenvalue weighted by Gasteiger charge is 2.18. The van der Waals surface area contributed by atoms with Gasteiger partial charge in [-0.25, -0.2) is 0 Å². The number of ether oxygens (including phenoxy) is 2. The third kappa shape index (κ3) is 6.23. The first-order valence-corrected chi connectivity index (χ1v) is 7.32. The highest BCUT2D eigenvalue weighted by Crippen LogP contribution is 2.13. The van der Waals surface area contributed by atoms with Crippen molar-refractivity contribution in [2.75, 3.05) is 47.0 Å². The van der Waals surface area contributed by atoms with E-state index in [0.29, 0.717) is 18.9 Å². The minimum Gasteiger partial charge on any atom is -0.466 e. The Hall–Kier alpha value is -1.30. The van der Waals surface area contributed by atoms with Crippen molar-refractivity contribution in [2.45, 2.75) is 26.2 Å². The molecule has 1 heterocycles. The molecule has 6 nitrogen and oxygen atoms in total. The van der Waals surface area contributed by atoms with Crippen molar-refractivity contribution >= 4 is 11.9 Å². The number of hydrogen-bond donors (Lipinski definition) is 1. The number of carbonyl (C=O) groups excluding carboxylic acids is 1. The number of rotatable bonds is 7. The van der Waals surface area contributed by atoms with Gasteiger partial charge >= 0.3 is 5.97 Å². The quantitative estimate of drug-likeness (QED) is 0.325. The smallest absolute Gasteiger partial charge is 0.305 e. The molecule has 116 valence electrons. The van der Waals surface area contributed by atoms with Crippen LogP contribution in [0.15, 0.2) is 4.99 Å². The van der Waals surface area contributed by atoms with Gasteiger partial charge in [0, 0.05) is 46.1 Å². The van der Waals surface area contributed by atoms with Gasteiger partial charge in [0.1, 0.15) is 0 Å². The maximum Gasteiger partial charge on any atom is 0.305 e. The SMILES string of the molecule is CCOC(=O)CCCNC(=NC)N(C)CC1CCOC1. The summed E-state index contributed by atoms with van der Waals surface area (Å²) in [5, 5.41) is 3.27. The zero-order valence-electron chi connectivity index (χ0n) is 12.9. The van der Waals surface area contributed by atoms with Crippen molar-refractivity contribution < 1.29 is 14.3 Å². The molecule has 20 heavy (non-hydrogen) atoms. The highest BCUT2D eigenvalue weighted by molar-refractivity contribution is 5.79. The Morgan fingerprint density at radius 3 is 2.95 bits per heavy atom. The summed E-state index contributed by atoms with van der Waals surface area (Å²) in [5.41, 5.74) is 0. The number of hydrogen-bond acceptors (Lipinski definition) is 4. The fourth-order valence-electron chi connectivity index (χ4n) is 2.25. The molecule has 0 aromatic carbocycles. The van der Waals surface area contributed by atoms with Gasteiger partial charge in [0.25, 0.3) is 0 Å². The molecular weight excluding hydrogens is 258 g/mol. The van der Waals surface area contributed by atoms with E-state index in [4.69, 9.17) is 9.47 Å². The summed E-state index contributed by atoms with van der Waals surface area (Å²) >= 11 is 0. The van der Waals surface area contributed by atoms with Crippen molar-refractivity contribution in [1.82, 2.24) is 10.2 Å². The van der Waals surface area contributed by atoms with Crippen molar-refractivity contribution in [2.24, 2.45) is 10.9 Å². The minimum atomic E-state index is -0.138. The van der Waals surface area contributed by atoms with Gasteiger partial charge < -0.3 is 19.7 Å². The lowest BCUT2D eigenvalue weighted by molar-refractivity contribution is -0.143. The van der Waals surface area contributed by atoms with Gasteiger partial charge in [0.05, 0.1) is 13.2 Å². The maximum absolute atomic E-state index is 11.2. The van der Waals surface area contributed by atoms with Crippen LogP contribution in [0, 0.1) is 5.92 Å². The summed E-state index contributed by atoms with van der Waals surface area (Å²) in [6.45, 7) is 5.63. The zero-order valence-corrected chi connectivity index (χ0v) is 12.9. The van der Waals surface area contributed by atoms with Gasteiger partial charge in [-0.05, 0) is 19.8 Å². The van der Waals surface area contributed by atoms with Gasteiger partial charge in [-0.2, -0.15) is 0 Å². The van der Waals surface area contributed by atoms with E-state index in [0.717, 1.165) is 45.1 Å². The van der Waals surface area contributed by atoms with Crippen molar-refractivity contribution in [3.05, 3.63) is 0 Å². The predicted molar refractivity (Wildman–Crippen MR) is 78.8 cm³/mol. The van der Waals surface area contributed by atoms with Crippen LogP contribution in [-0.2, 0) is 14.3 Å². The van der Waals surface area contributed by atoms with E-state index in [1.807, 2.05) is 14.0 Å². The molecule has 1 atom stereocenters. The first-order valence-electron chi connectivity index (χ1n) is 7.32. The first-order chi connectivity index (χ1) is 9.67. The number of guanidine groups is 1. The molecule has 1 saturated heterocycles. The normalized spacial score (nSPS) is 18.9. The van der Waals surface area contributed by atoms with Crippen molar-refractivity contribution in [1.29, 1.82) is 0 Å². The average Bonchev–Trinajstić information content (AvgIpc) is 2.91. The summed E-state index contributed by atoms with van der Waals surface area (Å²) < 4.78 is 10.3. The van der Waals surface area contributed by atoms with Gasteiger partial charge in [-0.1, -0.05) is 0 Å². The Morgan fingerprint density at radius 2 is 2.35 bits per heavy atom. The first kappa shape index (κ1) is 16.8. The van der Waals surface area contributed by atoms with Crippen molar-refractivity contribution in [3.8, 4) is 0 Å². The average molecular weight is 285 g/mol. The van der Waals surface area contributed by atoms with Crippen LogP contribution in [0.4, 0.5) is 0 Å². The van der Waals surface area contributed by atoms with Crippen LogP contribution in [0.3, 0.4) is 0 Å². The summed E-state index contributed by atoms with van der Waals surface area (Å²) in [4.78, 5) is 17.6. The van der Waals surface area contributed by atoms with Crippen LogP contribution >= 0.6 is 0 Å². The predicted octanol–water partition coefficient (Wildman–Crippen LogP) is 0.873. The molecule has 1 rings (SSSR count). The number of nitrogens with zero attached hydrogens (tertiary/aromatic N) is 2. The molecule has 0 aromatic rings. The molecule has 0 aliphatic carbocycles. The fourth-order valence-corrected chi connectivity index (χ4v) is 2.25. The Bertz CT molecular complexity index is 315. The number of esters is 1. The van der Waals surface area contributed by atoms with Crippen LogP contribution in [0.1, 0.15) is 26.2 Å². The second-order valence-corrected chi connectivity index (χ2v) is 4.99. The molecular formula is C14H27N3O3. The van der Waals surface area contributed by atoms with Gasteiger partial charge in [-0.15, -0.1) is 0 Å². The van der Waals surface area contributed by atoms with Crippen molar-refractivity contribution in [3.63, 3.8) is 0 Å². The van der Waals surface area contributed by atoms with E-state index in [1.54, 1.807) is 7.05 Å². The molecule has 1 N–H and O–H groups in total.